The Balaban J connectivity index is 1.49. The minimum Gasteiger partial charge on any atom is -0.449 e. The molecule has 1 N–H and O–H groups in total. The van der Waals surface area contributed by atoms with Crippen molar-refractivity contribution in [2.45, 2.75) is 63.8 Å². The number of carbonyl (C=O) groups is 2. The summed E-state index contributed by atoms with van der Waals surface area (Å²) in [5.74, 6) is 0.0291. The maximum Gasteiger partial charge on any atom is 0.407 e. The van der Waals surface area contributed by atoms with Gasteiger partial charge in [-0.15, -0.1) is 0 Å². The molecular weight excluding hydrogens is 362 g/mol. The Bertz CT molecular complexity index is 772. The van der Waals surface area contributed by atoms with Gasteiger partial charge in [-0.05, 0) is 28.7 Å². The lowest BCUT2D eigenvalue weighted by atomic mass is 9.98. The van der Waals surface area contributed by atoms with Crippen LogP contribution < -0.4 is 5.32 Å². The van der Waals surface area contributed by atoms with Crippen molar-refractivity contribution in [3.8, 4) is 11.1 Å². The van der Waals surface area contributed by atoms with Crippen molar-refractivity contribution in [3.05, 3.63) is 59.7 Å². The Labute approximate surface area is 173 Å². The molecule has 0 aliphatic heterocycles. The fourth-order valence-corrected chi connectivity index (χ4v) is 4.11. The molecule has 0 unspecified atom stereocenters. The summed E-state index contributed by atoms with van der Waals surface area (Å²) in [6.07, 6.45) is 7.90. The molecule has 4 nitrogen and oxygen atoms in total. The third-order valence-electron chi connectivity index (χ3n) is 5.68. The molecule has 4 heteroatoms. The molecule has 0 saturated carbocycles. The zero-order valence-corrected chi connectivity index (χ0v) is 17.2. The molecule has 0 radical (unpaired) electrons. The summed E-state index contributed by atoms with van der Waals surface area (Å²) in [5.41, 5.74) is 4.76. The fourth-order valence-electron chi connectivity index (χ4n) is 4.11. The van der Waals surface area contributed by atoms with Crippen LogP contribution in [0.4, 0.5) is 4.79 Å². The highest BCUT2D eigenvalue weighted by atomic mass is 16.5. The highest BCUT2D eigenvalue weighted by molar-refractivity contribution is 5.79. The Morgan fingerprint density at radius 3 is 2.17 bits per heavy atom. The molecule has 3 rings (SSSR count). The second-order valence-electron chi connectivity index (χ2n) is 7.77. The van der Waals surface area contributed by atoms with Crippen LogP contribution >= 0.6 is 0 Å². The van der Waals surface area contributed by atoms with Crippen LogP contribution in [0.15, 0.2) is 48.5 Å². The SMILES string of the molecule is CCCCCCCC[C@@H](C=O)NC(=O)OCC1c2ccccc2-c2ccccc21. The lowest BCUT2D eigenvalue weighted by Gasteiger charge is -2.16. The molecule has 0 spiro atoms. The summed E-state index contributed by atoms with van der Waals surface area (Å²) in [5, 5.41) is 2.71. The molecule has 0 fully saturated rings. The van der Waals surface area contributed by atoms with E-state index in [-0.39, 0.29) is 12.5 Å². The van der Waals surface area contributed by atoms with Gasteiger partial charge in [0.15, 0.2) is 0 Å². The van der Waals surface area contributed by atoms with E-state index in [1.54, 1.807) is 0 Å². The quantitative estimate of drug-likeness (QED) is 0.385. The van der Waals surface area contributed by atoms with Gasteiger partial charge in [-0.3, -0.25) is 0 Å². The smallest absolute Gasteiger partial charge is 0.407 e. The predicted octanol–water partition coefficient (Wildman–Crippen LogP) is 5.84. The van der Waals surface area contributed by atoms with E-state index in [2.05, 4.69) is 36.5 Å². The van der Waals surface area contributed by atoms with Crippen LogP contribution in [0.2, 0.25) is 0 Å². The summed E-state index contributed by atoms with van der Waals surface area (Å²) < 4.78 is 5.52. The lowest BCUT2D eigenvalue weighted by molar-refractivity contribution is -0.109. The van der Waals surface area contributed by atoms with E-state index in [1.807, 2.05) is 24.3 Å². The molecule has 0 aromatic heterocycles. The highest BCUT2D eigenvalue weighted by Gasteiger charge is 2.29. The normalized spacial score (nSPS) is 13.4. The number of aldehydes is 1. The van der Waals surface area contributed by atoms with Gasteiger partial charge in [-0.25, -0.2) is 4.79 Å². The van der Waals surface area contributed by atoms with Crippen LogP contribution in [0.1, 0.15) is 68.9 Å². The van der Waals surface area contributed by atoms with Gasteiger partial charge in [-0.2, -0.15) is 0 Å². The number of amides is 1. The van der Waals surface area contributed by atoms with Gasteiger partial charge in [0.1, 0.15) is 12.9 Å². The van der Waals surface area contributed by atoms with E-state index in [0.717, 1.165) is 19.1 Å². The highest BCUT2D eigenvalue weighted by Crippen LogP contribution is 2.44. The van der Waals surface area contributed by atoms with Crippen molar-refractivity contribution in [2.24, 2.45) is 0 Å². The summed E-state index contributed by atoms with van der Waals surface area (Å²) in [4.78, 5) is 23.6. The number of fused-ring (bicyclic) bond motifs is 3. The minimum atomic E-state index is -0.519. The van der Waals surface area contributed by atoms with Crippen molar-refractivity contribution in [3.63, 3.8) is 0 Å². The van der Waals surface area contributed by atoms with Crippen molar-refractivity contribution in [1.82, 2.24) is 5.32 Å². The van der Waals surface area contributed by atoms with Crippen molar-refractivity contribution in [2.75, 3.05) is 6.61 Å². The number of alkyl carbamates (subject to hydrolysis) is 1. The van der Waals surface area contributed by atoms with Gasteiger partial charge < -0.3 is 14.8 Å². The monoisotopic (exact) mass is 393 g/mol. The van der Waals surface area contributed by atoms with Gasteiger partial charge in [0, 0.05) is 5.92 Å². The molecule has 0 heterocycles. The summed E-state index contributed by atoms with van der Waals surface area (Å²) >= 11 is 0. The Hall–Kier alpha value is -2.62. The Morgan fingerprint density at radius 2 is 1.55 bits per heavy atom. The Kier molecular flexibility index (Phi) is 7.85. The van der Waals surface area contributed by atoms with Crippen molar-refractivity contribution >= 4 is 12.4 Å². The van der Waals surface area contributed by atoms with Crippen LogP contribution in [-0.4, -0.2) is 25.0 Å². The van der Waals surface area contributed by atoms with Crippen molar-refractivity contribution < 1.29 is 14.3 Å². The van der Waals surface area contributed by atoms with Crippen LogP contribution in [0, 0.1) is 0 Å². The average molecular weight is 394 g/mol. The minimum absolute atomic E-state index is 0.0291. The Morgan fingerprint density at radius 1 is 0.966 bits per heavy atom. The van der Waals surface area contributed by atoms with Gasteiger partial charge in [-0.1, -0.05) is 94.0 Å². The van der Waals surface area contributed by atoms with Crippen LogP contribution in [-0.2, 0) is 9.53 Å². The first-order chi connectivity index (χ1) is 14.2. The number of hydrogen-bond acceptors (Lipinski definition) is 3. The zero-order chi connectivity index (χ0) is 20.5. The zero-order valence-electron chi connectivity index (χ0n) is 17.2. The lowest BCUT2D eigenvalue weighted by Crippen LogP contribution is -2.37. The molecule has 0 bridgehead atoms. The predicted molar refractivity (Wildman–Crippen MR) is 116 cm³/mol. The van der Waals surface area contributed by atoms with Crippen LogP contribution in [0.5, 0.6) is 0 Å². The summed E-state index contributed by atoms with van der Waals surface area (Å²) in [7, 11) is 0. The molecule has 1 amide bonds. The fraction of sp³-hybridized carbons (Fsp3) is 0.440. The second kappa shape index (κ2) is 10.8. The van der Waals surface area contributed by atoms with Gasteiger partial charge in [0.2, 0.25) is 0 Å². The van der Waals surface area contributed by atoms with Gasteiger partial charge in [0.05, 0.1) is 6.04 Å². The number of ether oxygens (including phenoxy) is 1. The van der Waals surface area contributed by atoms with E-state index < -0.39 is 12.1 Å². The molecule has 1 aliphatic rings. The maximum absolute atomic E-state index is 12.3. The number of rotatable bonds is 11. The van der Waals surface area contributed by atoms with Gasteiger partial charge >= 0.3 is 6.09 Å². The molecule has 2 aromatic carbocycles. The first-order valence-electron chi connectivity index (χ1n) is 10.8. The molecule has 0 saturated heterocycles. The number of benzene rings is 2. The first-order valence-corrected chi connectivity index (χ1v) is 10.8. The number of hydrogen-bond donors (Lipinski definition) is 1. The van der Waals surface area contributed by atoms with E-state index in [1.165, 1.54) is 47.9 Å². The molecule has 1 atom stereocenters. The second-order valence-corrected chi connectivity index (χ2v) is 7.77. The van der Waals surface area contributed by atoms with E-state index in [0.29, 0.717) is 6.42 Å². The van der Waals surface area contributed by atoms with E-state index >= 15 is 0 Å². The van der Waals surface area contributed by atoms with Crippen molar-refractivity contribution in [1.29, 1.82) is 0 Å². The third-order valence-corrected chi connectivity index (χ3v) is 5.68. The molecule has 154 valence electrons. The third kappa shape index (κ3) is 5.47. The molecular formula is C25H31NO3. The van der Waals surface area contributed by atoms with E-state index in [4.69, 9.17) is 4.74 Å². The number of carbonyl (C=O) groups excluding carboxylic acids is 2. The maximum atomic E-state index is 12.3. The largest absolute Gasteiger partial charge is 0.449 e. The van der Waals surface area contributed by atoms with Crippen LogP contribution in [0.25, 0.3) is 11.1 Å². The molecule has 1 aliphatic carbocycles. The van der Waals surface area contributed by atoms with Gasteiger partial charge in [0.25, 0.3) is 0 Å². The molecule has 29 heavy (non-hydrogen) atoms. The molecule has 2 aromatic rings. The summed E-state index contributed by atoms with van der Waals surface area (Å²) in [6.45, 7) is 2.46. The topological polar surface area (TPSA) is 55.4 Å². The van der Waals surface area contributed by atoms with E-state index in [9.17, 15) is 9.59 Å². The number of nitrogens with one attached hydrogen (secondary N) is 1. The first kappa shape index (κ1) is 21.1. The standard InChI is InChI=1S/C25H31NO3/c1-2-3-4-5-6-7-12-19(17-27)26-25(28)29-18-24-22-15-10-8-13-20(22)21-14-9-11-16-23(21)24/h8-11,13-17,19,24H,2-7,12,18H2,1H3,(H,26,28)/t19-/m0/s1. The average Bonchev–Trinajstić information content (AvgIpc) is 3.07. The summed E-state index contributed by atoms with van der Waals surface area (Å²) in [6, 6.07) is 16.0. The van der Waals surface area contributed by atoms with Crippen LogP contribution in [0.3, 0.4) is 0 Å². The number of unbranched alkanes of at least 4 members (excludes halogenated alkanes) is 5.